The van der Waals surface area contributed by atoms with Gasteiger partial charge in [-0.2, -0.15) is 0 Å². The molecular formula is C8H13N3O2S. The number of esters is 1. The summed E-state index contributed by atoms with van der Waals surface area (Å²) in [4.78, 5) is 12.8. The molecule has 0 aromatic carbocycles. The zero-order valence-corrected chi connectivity index (χ0v) is 9.08. The van der Waals surface area contributed by atoms with Gasteiger partial charge in [0.1, 0.15) is 5.51 Å². The normalized spacial score (nSPS) is 9.86. The third kappa shape index (κ3) is 3.29. The van der Waals surface area contributed by atoms with Crippen LogP contribution in [0.3, 0.4) is 0 Å². The summed E-state index contributed by atoms with van der Waals surface area (Å²) in [7, 11) is 3.33. The van der Waals surface area contributed by atoms with Gasteiger partial charge in [0.25, 0.3) is 0 Å². The van der Waals surface area contributed by atoms with E-state index < -0.39 is 0 Å². The number of anilines is 1. The number of hydrogen-bond acceptors (Lipinski definition) is 6. The van der Waals surface area contributed by atoms with Gasteiger partial charge in [0.15, 0.2) is 0 Å². The molecule has 0 aliphatic carbocycles. The van der Waals surface area contributed by atoms with Crippen LogP contribution in [-0.4, -0.2) is 36.9 Å². The van der Waals surface area contributed by atoms with Crippen molar-refractivity contribution < 1.29 is 9.53 Å². The van der Waals surface area contributed by atoms with Crippen LogP contribution in [0, 0.1) is 0 Å². The zero-order valence-electron chi connectivity index (χ0n) is 8.27. The van der Waals surface area contributed by atoms with Crippen LogP contribution in [0.15, 0.2) is 5.51 Å². The van der Waals surface area contributed by atoms with Gasteiger partial charge >= 0.3 is 5.97 Å². The number of nitrogens with zero attached hydrogens (tertiary/aromatic N) is 3. The van der Waals surface area contributed by atoms with E-state index in [0.717, 1.165) is 18.1 Å². The first-order valence-electron chi connectivity index (χ1n) is 4.28. The molecule has 1 aromatic heterocycles. The minimum Gasteiger partial charge on any atom is -0.469 e. The Bertz CT molecular complexity index is 276. The van der Waals surface area contributed by atoms with Crippen LogP contribution in [0.25, 0.3) is 0 Å². The molecule has 6 heteroatoms. The van der Waals surface area contributed by atoms with Gasteiger partial charge < -0.3 is 9.64 Å². The summed E-state index contributed by atoms with van der Waals surface area (Å²) in [6.07, 6.45) is 1.21. The number of aromatic nitrogens is 2. The first kappa shape index (κ1) is 10.9. The molecule has 0 aliphatic heterocycles. The van der Waals surface area contributed by atoms with Crippen molar-refractivity contribution in [1.29, 1.82) is 0 Å². The molecule has 0 bridgehead atoms. The van der Waals surface area contributed by atoms with Crippen molar-refractivity contribution in [3.8, 4) is 0 Å². The summed E-state index contributed by atoms with van der Waals surface area (Å²) in [6.45, 7) is 0.782. The summed E-state index contributed by atoms with van der Waals surface area (Å²) in [5.74, 6) is -0.171. The maximum absolute atomic E-state index is 10.8. The smallest absolute Gasteiger partial charge is 0.305 e. The molecule has 0 aliphatic rings. The maximum atomic E-state index is 10.8. The Morgan fingerprint density at radius 2 is 2.50 bits per heavy atom. The van der Waals surface area contributed by atoms with E-state index in [1.807, 2.05) is 11.9 Å². The van der Waals surface area contributed by atoms with Gasteiger partial charge in [-0.25, -0.2) is 0 Å². The quantitative estimate of drug-likeness (QED) is 0.684. The van der Waals surface area contributed by atoms with Crippen molar-refractivity contribution in [2.45, 2.75) is 12.8 Å². The Balaban J connectivity index is 2.22. The molecule has 0 spiro atoms. The number of methoxy groups -OCH3 is 1. The van der Waals surface area contributed by atoms with Crippen LogP contribution >= 0.6 is 11.3 Å². The average molecular weight is 215 g/mol. The van der Waals surface area contributed by atoms with Crippen molar-refractivity contribution >= 4 is 22.4 Å². The summed E-state index contributed by atoms with van der Waals surface area (Å²) in [5.41, 5.74) is 1.69. The summed E-state index contributed by atoms with van der Waals surface area (Å²) in [6, 6.07) is 0. The molecule has 78 valence electrons. The van der Waals surface area contributed by atoms with Crippen molar-refractivity contribution in [3.05, 3.63) is 5.51 Å². The van der Waals surface area contributed by atoms with E-state index in [4.69, 9.17) is 0 Å². The molecule has 0 amide bonds. The summed E-state index contributed by atoms with van der Waals surface area (Å²) < 4.78 is 4.54. The molecule has 1 heterocycles. The molecule has 1 aromatic rings. The van der Waals surface area contributed by atoms with E-state index in [-0.39, 0.29) is 5.97 Å². The van der Waals surface area contributed by atoms with Crippen molar-refractivity contribution in [3.63, 3.8) is 0 Å². The van der Waals surface area contributed by atoms with E-state index in [1.54, 1.807) is 5.51 Å². The highest BCUT2D eigenvalue weighted by molar-refractivity contribution is 7.13. The number of carbonyl (C=O) groups excluding carboxylic acids is 1. The second kappa shape index (κ2) is 5.54. The van der Waals surface area contributed by atoms with Gasteiger partial charge in [-0.1, -0.05) is 11.3 Å². The van der Waals surface area contributed by atoms with Crippen LogP contribution in [0.1, 0.15) is 12.8 Å². The van der Waals surface area contributed by atoms with Gasteiger partial charge in [0.2, 0.25) is 5.13 Å². The average Bonchev–Trinajstić information content (AvgIpc) is 2.70. The highest BCUT2D eigenvalue weighted by Gasteiger charge is 2.05. The van der Waals surface area contributed by atoms with Crippen LogP contribution < -0.4 is 4.90 Å². The predicted octanol–water partition coefficient (Wildman–Crippen LogP) is 0.927. The fourth-order valence-electron chi connectivity index (χ4n) is 0.992. The molecule has 0 fully saturated rings. The Morgan fingerprint density at radius 1 is 1.71 bits per heavy atom. The first-order valence-corrected chi connectivity index (χ1v) is 5.16. The third-order valence-electron chi connectivity index (χ3n) is 1.78. The second-order valence-electron chi connectivity index (χ2n) is 2.82. The molecule has 14 heavy (non-hydrogen) atoms. The van der Waals surface area contributed by atoms with Crippen LogP contribution in [0.4, 0.5) is 5.13 Å². The van der Waals surface area contributed by atoms with Crippen LogP contribution in [0.2, 0.25) is 0 Å². The summed E-state index contributed by atoms with van der Waals surface area (Å²) in [5, 5.41) is 8.52. The van der Waals surface area contributed by atoms with Gasteiger partial charge in [-0.05, 0) is 6.42 Å². The number of hydrogen-bond donors (Lipinski definition) is 0. The molecule has 1 rings (SSSR count). The van der Waals surface area contributed by atoms with Gasteiger partial charge in [-0.15, -0.1) is 10.2 Å². The lowest BCUT2D eigenvalue weighted by Gasteiger charge is -2.13. The van der Waals surface area contributed by atoms with Crippen LogP contribution in [0.5, 0.6) is 0 Å². The highest BCUT2D eigenvalue weighted by Crippen LogP contribution is 2.13. The molecule has 0 radical (unpaired) electrons. The molecule has 0 saturated heterocycles. The lowest BCUT2D eigenvalue weighted by Crippen LogP contribution is -2.19. The Morgan fingerprint density at radius 3 is 3.07 bits per heavy atom. The van der Waals surface area contributed by atoms with E-state index in [2.05, 4.69) is 14.9 Å². The van der Waals surface area contributed by atoms with E-state index in [0.29, 0.717) is 6.42 Å². The third-order valence-corrected chi connectivity index (χ3v) is 2.58. The lowest BCUT2D eigenvalue weighted by atomic mass is 10.3. The number of ether oxygens (including phenoxy) is 1. The molecular weight excluding hydrogens is 202 g/mol. The van der Waals surface area contributed by atoms with Crippen LogP contribution in [-0.2, 0) is 9.53 Å². The van der Waals surface area contributed by atoms with Gasteiger partial charge in [0.05, 0.1) is 7.11 Å². The minimum absolute atomic E-state index is 0.171. The Labute approximate surface area is 86.7 Å². The molecule has 0 saturated carbocycles. The fraction of sp³-hybridized carbons (Fsp3) is 0.625. The number of carbonyl (C=O) groups is 1. The summed E-state index contributed by atoms with van der Waals surface area (Å²) >= 11 is 1.48. The molecule has 0 unspecified atom stereocenters. The van der Waals surface area contributed by atoms with E-state index >= 15 is 0 Å². The highest BCUT2D eigenvalue weighted by atomic mass is 32.1. The number of rotatable bonds is 5. The van der Waals surface area contributed by atoms with E-state index in [1.165, 1.54) is 18.4 Å². The molecule has 0 N–H and O–H groups in total. The molecule has 0 atom stereocenters. The predicted molar refractivity (Wildman–Crippen MR) is 54.4 cm³/mol. The van der Waals surface area contributed by atoms with Gasteiger partial charge in [-0.3, -0.25) is 4.79 Å². The zero-order chi connectivity index (χ0) is 10.4. The second-order valence-corrected chi connectivity index (χ2v) is 3.63. The van der Waals surface area contributed by atoms with Crippen molar-refractivity contribution in [1.82, 2.24) is 10.2 Å². The van der Waals surface area contributed by atoms with E-state index in [9.17, 15) is 4.79 Å². The lowest BCUT2D eigenvalue weighted by molar-refractivity contribution is -0.140. The Kier molecular flexibility index (Phi) is 4.31. The fourth-order valence-corrected chi connectivity index (χ4v) is 1.55. The van der Waals surface area contributed by atoms with Crippen molar-refractivity contribution in [2.75, 3.05) is 25.6 Å². The van der Waals surface area contributed by atoms with Gasteiger partial charge in [0, 0.05) is 20.0 Å². The Hall–Kier alpha value is -1.17. The monoisotopic (exact) mass is 215 g/mol. The maximum Gasteiger partial charge on any atom is 0.305 e. The standard InChI is InChI=1S/C8H13N3O2S/c1-11(8-10-9-6-14-8)5-3-4-7(12)13-2/h6H,3-5H2,1-2H3. The minimum atomic E-state index is -0.171. The SMILES string of the molecule is COC(=O)CCCN(C)c1nncs1. The first-order chi connectivity index (χ1) is 6.74. The largest absolute Gasteiger partial charge is 0.469 e. The topological polar surface area (TPSA) is 55.3 Å². The van der Waals surface area contributed by atoms with Crippen molar-refractivity contribution in [2.24, 2.45) is 0 Å². The molecule has 5 nitrogen and oxygen atoms in total.